The van der Waals surface area contributed by atoms with Gasteiger partial charge < -0.3 is 14.4 Å². The highest BCUT2D eigenvalue weighted by Gasteiger charge is 2.22. The number of hydrogen-bond acceptors (Lipinski definition) is 4. The molecule has 0 aliphatic carbocycles. The molecule has 1 aromatic rings. The summed E-state index contributed by atoms with van der Waals surface area (Å²) in [4.78, 5) is 2.32. The van der Waals surface area contributed by atoms with E-state index in [-0.39, 0.29) is 6.10 Å². The molecule has 2 heterocycles. The molecule has 0 radical (unpaired) electrons. The van der Waals surface area contributed by atoms with Crippen LogP contribution in [0.5, 0.6) is 11.5 Å². The van der Waals surface area contributed by atoms with Crippen LogP contribution in [0.15, 0.2) is 24.3 Å². The van der Waals surface area contributed by atoms with Gasteiger partial charge >= 0.3 is 0 Å². The van der Waals surface area contributed by atoms with Gasteiger partial charge in [0.25, 0.3) is 0 Å². The number of ether oxygens (including phenoxy) is 2. The Kier molecular flexibility index (Phi) is 4.68. The monoisotopic (exact) mass is 309 g/mol. The zero-order chi connectivity index (χ0) is 13.8. The van der Waals surface area contributed by atoms with Gasteiger partial charge in [-0.05, 0) is 31.4 Å². The molecule has 1 unspecified atom stereocenters. The first-order chi connectivity index (χ1) is 9.83. The largest absolute Gasteiger partial charge is 0.486 e. The zero-order valence-electron chi connectivity index (χ0n) is 11.4. The van der Waals surface area contributed by atoms with Crippen molar-refractivity contribution in [2.75, 3.05) is 25.4 Å². The second-order valence-corrected chi connectivity index (χ2v) is 6.78. The lowest BCUT2D eigenvalue weighted by Gasteiger charge is -2.30. The number of nitrogens with zero attached hydrogens (tertiary/aromatic N) is 1. The molecule has 1 aromatic carbocycles. The summed E-state index contributed by atoms with van der Waals surface area (Å²) in [5.41, 5.74) is 0. The smallest absolute Gasteiger partial charge is 0.161 e. The van der Waals surface area contributed by atoms with E-state index >= 15 is 0 Å². The third-order valence-corrected chi connectivity index (χ3v) is 5.23. The van der Waals surface area contributed by atoms with Crippen LogP contribution in [0.1, 0.15) is 19.3 Å². The van der Waals surface area contributed by atoms with E-state index in [4.69, 9.17) is 21.7 Å². The molecule has 2 aliphatic heterocycles. The fourth-order valence-electron chi connectivity index (χ4n) is 2.48. The van der Waals surface area contributed by atoms with E-state index in [2.05, 4.69) is 4.90 Å². The number of thioether (sulfide) groups is 1. The molecule has 0 amide bonds. The molecule has 0 N–H and O–H groups in total. The Bertz CT molecular complexity index is 475. The Morgan fingerprint density at radius 1 is 1.20 bits per heavy atom. The second kappa shape index (κ2) is 6.68. The molecule has 20 heavy (non-hydrogen) atoms. The Balaban J connectivity index is 1.49. The van der Waals surface area contributed by atoms with E-state index in [1.165, 1.54) is 19.3 Å². The lowest BCUT2D eigenvalue weighted by atomic mass is 10.1. The maximum atomic E-state index is 5.95. The van der Waals surface area contributed by atoms with Crippen LogP contribution >= 0.6 is 24.0 Å². The summed E-state index contributed by atoms with van der Waals surface area (Å²) < 4.78 is 12.7. The number of para-hydroxylation sites is 2. The minimum Gasteiger partial charge on any atom is -0.486 e. The van der Waals surface area contributed by atoms with E-state index < -0.39 is 0 Å². The number of rotatable bonds is 2. The van der Waals surface area contributed by atoms with Gasteiger partial charge in [-0.15, -0.1) is 0 Å². The minimum absolute atomic E-state index is 0.0811. The summed E-state index contributed by atoms with van der Waals surface area (Å²) in [6.45, 7) is 2.82. The molecule has 0 saturated carbocycles. The van der Waals surface area contributed by atoms with Gasteiger partial charge in [0.15, 0.2) is 11.5 Å². The summed E-state index contributed by atoms with van der Waals surface area (Å²) in [6.07, 6.45) is 3.94. The predicted octanol–water partition coefficient (Wildman–Crippen LogP) is 3.33. The Morgan fingerprint density at radius 2 is 1.95 bits per heavy atom. The molecule has 0 spiro atoms. The molecule has 108 valence electrons. The Hall–Kier alpha value is -0.940. The SMILES string of the molecule is S=C(SCC1COc2ccccc2O1)N1CCCCC1. The van der Waals surface area contributed by atoms with Crippen LogP contribution in [0.25, 0.3) is 0 Å². The van der Waals surface area contributed by atoms with Crippen LogP contribution in [0.3, 0.4) is 0 Å². The molecule has 3 nitrogen and oxygen atoms in total. The Morgan fingerprint density at radius 3 is 2.75 bits per heavy atom. The minimum atomic E-state index is 0.0811. The van der Waals surface area contributed by atoms with Gasteiger partial charge in [0.1, 0.15) is 17.0 Å². The summed E-state index contributed by atoms with van der Waals surface area (Å²) in [7, 11) is 0. The van der Waals surface area contributed by atoms with Crippen molar-refractivity contribution >= 4 is 28.3 Å². The number of thiocarbonyl (C=S) groups is 1. The van der Waals surface area contributed by atoms with E-state index in [1.807, 2.05) is 24.3 Å². The number of likely N-dealkylation sites (tertiary alicyclic amines) is 1. The van der Waals surface area contributed by atoms with Gasteiger partial charge in [-0.3, -0.25) is 0 Å². The summed E-state index contributed by atoms with van der Waals surface area (Å²) in [5.74, 6) is 2.53. The quantitative estimate of drug-likeness (QED) is 0.779. The van der Waals surface area contributed by atoms with Gasteiger partial charge in [0, 0.05) is 18.8 Å². The third kappa shape index (κ3) is 3.38. The first-order valence-corrected chi connectivity index (χ1v) is 8.52. The van der Waals surface area contributed by atoms with E-state index in [1.54, 1.807) is 11.8 Å². The standard InChI is InChI=1S/C15H19NO2S2/c19-15(16-8-4-1-5-9-16)20-11-12-10-17-13-6-2-3-7-14(13)18-12/h2-3,6-7,12H,1,4-5,8-11H2. The van der Waals surface area contributed by atoms with Crippen LogP contribution < -0.4 is 9.47 Å². The van der Waals surface area contributed by atoms with Crippen molar-refractivity contribution in [2.24, 2.45) is 0 Å². The van der Waals surface area contributed by atoms with Crippen molar-refractivity contribution in [3.63, 3.8) is 0 Å². The maximum absolute atomic E-state index is 5.95. The summed E-state index contributed by atoms with van der Waals surface area (Å²) in [6, 6.07) is 7.82. The van der Waals surface area contributed by atoms with Gasteiger partial charge in [0.05, 0.1) is 0 Å². The highest BCUT2D eigenvalue weighted by atomic mass is 32.2. The van der Waals surface area contributed by atoms with Crippen LogP contribution in [0.4, 0.5) is 0 Å². The normalized spacial score (nSPS) is 21.6. The molecule has 3 rings (SSSR count). The van der Waals surface area contributed by atoms with Crippen LogP contribution in [0.2, 0.25) is 0 Å². The van der Waals surface area contributed by atoms with Crippen molar-refractivity contribution < 1.29 is 9.47 Å². The highest BCUT2D eigenvalue weighted by Crippen LogP contribution is 2.31. The van der Waals surface area contributed by atoms with Crippen molar-refractivity contribution in [1.29, 1.82) is 0 Å². The number of benzene rings is 1. The lowest BCUT2D eigenvalue weighted by Crippen LogP contribution is -2.35. The van der Waals surface area contributed by atoms with Gasteiger partial charge in [-0.1, -0.05) is 36.1 Å². The maximum Gasteiger partial charge on any atom is 0.161 e. The molecule has 2 aliphatic rings. The molecular weight excluding hydrogens is 290 g/mol. The van der Waals surface area contributed by atoms with Gasteiger partial charge in [0.2, 0.25) is 0 Å². The number of piperidine rings is 1. The van der Waals surface area contributed by atoms with Crippen molar-refractivity contribution in [2.45, 2.75) is 25.4 Å². The second-order valence-electron chi connectivity index (χ2n) is 5.12. The molecular formula is C15H19NO2S2. The van der Waals surface area contributed by atoms with E-state index in [9.17, 15) is 0 Å². The number of fused-ring (bicyclic) bond motifs is 1. The topological polar surface area (TPSA) is 21.7 Å². The molecule has 5 heteroatoms. The predicted molar refractivity (Wildman–Crippen MR) is 86.8 cm³/mol. The fourth-order valence-corrected chi connectivity index (χ4v) is 3.72. The van der Waals surface area contributed by atoms with Crippen LogP contribution in [-0.4, -0.2) is 40.8 Å². The van der Waals surface area contributed by atoms with Crippen LogP contribution in [0, 0.1) is 0 Å². The molecule has 1 fully saturated rings. The molecule has 1 saturated heterocycles. The van der Waals surface area contributed by atoms with Crippen molar-refractivity contribution in [3.05, 3.63) is 24.3 Å². The van der Waals surface area contributed by atoms with E-state index in [0.717, 1.165) is 34.7 Å². The summed E-state index contributed by atoms with van der Waals surface area (Å²) >= 11 is 7.23. The van der Waals surface area contributed by atoms with Crippen LogP contribution in [-0.2, 0) is 0 Å². The summed E-state index contributed by atoms with van der Waals surface area (Å²) in [5, 5.41) is 0. The van der Waals surface area contributed by atoms with E-state index in [0.29, 0.717) is 6.61 Å². The average molecular weight is 309 g/mol. The average Bonchev–Trinajstić information content (AvgIpc) is 2.53. The van der Waals surface area contributed by atoms with Gasteiger partial charge in [-0.2, -0.15) is 0 Å². The van der Waals surface area contributed by atoms with Gasteiger partial charge in [-0.25, -0.2) is 0 Å². The lowest BCUT2D eigenvalue weighted by molar-refractivity contribution is 0.107. The third-order valence-electron chi connectivity index (χ3n) is 3.57. The zero-order valence-corrected chi connectivity index (χ0v) is 13.0. The molecule has 0 aromatic heterocycles. The highest BCUT2D eigenvalue weighted by molar-refractivity contribution is 8.22. The molecule has 1 atom stereocenters. The van der Waals surface area contributed by atoms with Crippen molar-refractivity contribution in [1.82, 2.24) is 4.90 Å². The Labute approximate surface area is 129 Å². The molecule has 0 bridgehead atoms. The van der Waals surface area contributed by atoms with Crippen molar-refractivity contribution in [3.8, 4) is 11.5 Å². The first-order valence-electron chi connectivity index (χ1n) is 7.13. The fraction of sp³-hybridized carbons (Fsp3) is 0.533. The first kappa shape index (κ1) is 14.0. The number of hydrogen-bond donors (Lipinski definition) is 0.